The number of alkyl halides is 3. The van der Waals surface area contributed by atoms with Gasteiger partial charge in [-0.05, 0) is 144 Å². The molecule has 12 aromatic carbocycles. The van der Waals surface area contributed by atoms with Gasteiger partial charge in [-0.2, -0.15) is 18.4 Å². The Morgan fingerprint density at radius 1 is 0.333 bits per heavy atom. The minimum atomic E-state index is -4.65. The molecule has 0 unspecified atom stereocenters. The largest absolute Gasteiger partial charge is 0.417 e. The van der Waals surface area contributed by atoms with Gasteiger partial charge in [-0.15, -0.1) is 0 Å². The molecule has 0 atom stereocenters. The third-order valence-corrected chi connectivity index (χ3v) is 12.6. The highest BCUT2D eigenvalue weighted by Crippen LogP contribution is 2.55. The van der Waals surface area contributed by atoms with Gasteiger partial charge in [0.05, 0.1) is 17.2 Å². The van der Waals surface area contributed by atoms with Crippen molar-refractivity contribution in [2.45, 2.75) is 6.18 Å². The summed E-state index contributed by atoms with van der Waals surface area (Å²) in [6, 6.07) is 63.7. The molecule has 4 heteroatoms. The Labute approximate surface area is 342 Å². The summed E-state index contributed by atoms with van der Waals surface area (Å²) in [5.41, 5.74) is 6.29. The topological polar surface area (TPSA) is 23.8 Å². The average molecular weight is 774 g/mol. The number of halogens is 3. The fourth-order valence-corrected chi connectivity index (χ4v) is 10.2. The molecule has 0 amide bonds. The molecule has 1 nitrogen and oxygen atoms in total. The zero-order chi connectivity index (χ0) is 40.3. The lowest BCUT2D eigenvalue weighted by molar-refractivity contribution is -0.137. The maximum absolute atomic E-state index is 14.0. The van der Waals surface area contributed by atoms with Crippen LogP contribution in [-0.4, -0.2) is 0 Å². The SMILES string of the molecule is N#Cc1ccc(-c2cccc(-c3ccc4c5c(-c6ccccc6)c6cc7c8ccccc8c8cccc(c6c(-c6ccccc6)c5c5cccc3c45)c87)c2)cc1C(F)(F)F. The minimum Gasteiger partial charge on any atom is -0.192 e. The Balaban J connectivity index is 1.23. The first-order chi connectivity index (χ1) is 29.4. The second kappa shape index (κ2) is 12.6. The Bertz CT molecular complexity index is 3750. The maximum Gasteiger partial charge on any atom is 0.417 e. The van der Waals surface area contributed by atoms with Crippen LogP contribution in [-0.2, 0) is 6.18 Å². The number of fused-ring (bicyclic) bond motifs is 8. The van der Waals surface area contributed by atoms with Crippen molar-refractivity contribution in [2.24, 2.45) is 0 Å². The van der Waals surface area contributed by atoms with Gasteiger partial charge in [-0.3, -0.25) is 0 Å². The molecule has 280 valence electrons. The van der Waals surface area contributed by atoms with Crippen molar-refractivity contribution < 1.29 is 13.2 Å². The minimum absolute atomic E-state index is 0.390. The van der Waals surface area contributed by atoms with E-state index in [-0.39, 0.29) is 0 Å². The Morgan fingerprint density at radius 2 is 0.850 bits per heavy atom. The second-order valence-corrected chi connectivity index (χ2v) is 15.7. The molecule has 0 heterocycles. The van der Waals surface area contributed by atoms with Crippen LogP contribution < -0.4 is 0 Å². The number of nitriles is 1. The van der Waals surface area contributed by atoms with Gasteiger partial charge in [0.15, 0.2) is 0 Å². The third-order valence-electron chi connectivity index (χ3n) is 12.6. The van der Waals surface area contributed by atoms with Crippen molar-refractivity contribution in [3.05, 3.63) is 193 Å². The molecule has 0 aliphatic heterocycles. The molecule has 0 aliphatic rings. The maximum atomic E-state index is 14.0. The van der Waals surface area contributed by atoms with Gasteiger partial charge >= 0.3 is 6.18 Å². The van der Waals surface area contributed by atoms with E-state index in [1.807, 2.05) is 24.3 Å². The first-order valence-corrected chi connectivity index (χ1v) is 20.0. The lowest BCUT2D eigenvalue weighted by Gasteiger charge is -2.19. The quantitative estimate of drug-likeness (QED) is 0.163. The molecule has 0 spiro atoms. The van der Waals surface area contributed by atoms with Crippen LogP contribution in [0.3, 0.4) is 0 Å². The van der Waals surface area contributed by atoms with Crippen LogP contribution in [0.2, 0.25) is 0 Å². The number of rotatable bonds is 4. The van der Waals surface area contributed by atoms with Crippen LogP contribution in [0.15, 0.2) is 182 Å². The van der Waals surface area contributed by atoms with Gasteiger partial charge in [-0.25, -0.2) is 0 Å². The first-order valence-electron chi connectivity index (χ1n) is 20.0. The van der Waals surface area contributed by atoms with E-state index in [0.29, 0.717) is 11.1 Å². The normalized spacial score (nSPS) is 12.2. The van der Waals surface area contributed by atoms with Crippen molar-refractivity contribution in [3.63, 3.8) is 0 Å². The summed E-state index contributed by atoms with van der Waals surface area (Å²) in [7, 11) is 0. The molecule has 12 rings (SSSR count). The lowest BCUT2D eigenvalue weighted by Crippen LogP contribution is -2.07. The highest BCUT2D eigenvalue weighted by Gasteiger charge is 2.34. The monoisotopic (exact) mass is 773 g/mol. The highest BCUT2D eigenvalue weighted by molar-refractivity contribution is 6.45. The fraction of sp³-hybridized carbons (Fsp3) is 0.0179. The summed E-state index contributed by atoms with van der Waals surface area (Å²) >= 11 is 0. The first kappa shape index (κ1) is 34.3. The zero-order valence-electron chi connectivity index (χ0n) is 31.9. The van der Waals surface area contributed by atoms with E-state index >= 15 is 0 Å². The smallest absolute Gasteiger partial charge is 0.192 e. The predicted molar refractivity (Wildman–Crippen MR) is 243 cm³/mol. The molecular weight excluding hydrogens is 744 g/mol. The standard InChI is InChI=1S/C56H30F3N/c57-56(58,59)48-29-35(24-25-37(48)31-60)34-16-9-17-36(28-34)38-26-27-45-51-41(38)20-10-23-44(51)55-50(33-14-5-2-6-15-33)53-43-22-11-21-42-39-18-7-8-19-40(39)46(52(42)43)30-47(53)49(54(45)55)32-12-3-1-4-13-32/h1-30H. The molecule has 60 heavy (non-hydrogen) atoms. The molecule has 0 aliphatic carbocycles. The van der Waals surface area contributed by atoms with E-state index in [9.17, 15) is 18.4 Å². The number of hydrogen-bond acceptors (Lipinski definition) is 1. The van der Waals surface area contributed by atoms with Crippen molar-refractivity contribution in [1.29, 1.82) is 5.26 Å². The lowest BCUT2D eigenvalue weighted by atomic mass is 9.84. The summed E-state index contributed by atoms with van der Waals surface area (Å²) in [6.07, 6.45) is -4.65. The van der Waals surface area contributed by atoms with Crippen LogP contribution in [0, 0.1) is 11.3 Å². The predicted octanol–water partition coefficient (Wildman–Crippen LogP) is 16.2. The van der Waals surface area contributed by atoms with Crippen molar-refractivity contribution in [2.75, 3.05) is 0 Å². The summed E-state index contributed by atoms with van der Waals surface area (Å²) in [4.78, 5) is 0. The van der Waals surface area contributed by atoms with Crippen molar-refractivity contribution in [1.82, 2.24) is 0 Å². The molecule has 0 aromatic heterocycles. The van der Waals surface area contributed by atoms with Crippen LogP contribution in [0.25, 0.3) is 120 Å². The van der Waals surface area contributed by atoms with Gasteiger partial charge in [0, 0.05) is 0 Å². The summed E-state index contributed by atoms with van der Waals surface area (Å²) in [5, 5.41) is 26.3. The van der Waals surface area contributed by atoms with Crippen LogP contribution in [0.4, 0.5) is 13.2 Å². The van der Waals surface area contributed by atoms with E-state index in [0.717, 1.165) is 49.9 Å². The molecular formula is C56H30F3N. The number of hydrogen-bond donors (Lipinski definition) is 0. The van der Waals surface area contributed by atoms with E-state index in [1.54, 1.807) is 12.1 Å². The van der Waals surface area contributed by atoms with E-state index in [1.165, 1.54) is 71.1 Å². The van der Waals surface area contributed by atoms with Gasteiger partial charge in [0.2, 0.25) is 0 Å². The van der Waals surface area contributed by atoms with Crippen LogP contribution >= 0.6 is 0 Å². The molecule has 0 fully saturated rings. The van der Waals surface area contributed by atoms with Crippen molar-refractivity contribution >= 4 is 75.4 Å². The molecule has 0 N–H and O–H groups in total. The molecule has 0 radical (unpaired) electrons. The Hall–Kier alpha value is -7.74. The van der Waals surface area contributed by atoms with Gasteiger partial charge in [0.1, 0.15) is 0 Å². The zero-order valence-corrected chi connectivity index (χ0v) is 31.9. The average Bonchev–Trinajstić information content (AvgIpc) is 3.80. The van der Waals surface area contributed by atoms with E-state index < -0.39 is 17.3 Å². The molecule has 0 saturated heterocycles. The van der Waals surface area contributed by atoms with E-state index in [2.05, 4.69) is 140 Å². The summed E-state index contributed by atoms with van der Waals surface area (Å²) in [5.74, 6) is 0. The van der Waals surface area contributed by atoms with E-state index in [4.69, 9.17) is 0 Å². The number of nitrogens with zero attached hydrogens (tertiary/aromatic N) is 1. The Kier molecular flexibility index (Phi) is 7.22. The molecule has 0 bridgehead atoms. The van der Waals surface area contributed by atoms with Gasteiger partial charge in [0.25, 0.3) is 0 Å². The second-order valence-electron chi connectivity index (χ2n) is 15.7. The van der Waals surface area contributed by atoms with Gasteiger partial charge < -0.3 is 0 Å². The summed E-state index contributed by atoms with van der Waals surface area (Å²) < 4.78 is 42.1. The number of benzene rings is 10. The third kappa shape index (κ3) is 4.81. The fourth-order valence-electron chi connectivity index (χ4n) is 10.2. The molecule has 0 saturated carbocycles. The molecule has 12 aromatic rings. The Morgan fingerprint density at radius 3 is 1.57 bits per heavy atom. The summed E-state index contributed by atoms with van der Waals surface area (Å²) in [6.45, 7) is 0. The van der Waals surface area contributed by atoms with Gasteiger partial charge in [-0.1, -0.05) is 158 Å². The van der Waals surface area contributed by atoms with Crippen LogP contribution in [0.1, 0.15) is 11.1 Å². The van der Waals surface area contributed by atoms with Crippen molar-refractivity contribution in [3.8, 4) is 50.6 Å². The highest BCUT2D eigenvalue weighted by atomic mass is 19.4. The van der Waals surface area contributed by atoms with Crippen LogP contribution in [0.5, 0.6) is 0 Å².